The summed E-state index contributed by atoms with van der Waals surface area (Å²) < 4.78 is 15.5. The van der Waals surface area contributed by atoms with Gasteiger partial charge in [-0.25, -0.2) is 14.1 Å². The monoisotopic (exact) mass is 221 g/mol. The Morgan fingerprint density at radius 2 is 2.00 bits per heavy atom. The van der Waals surface area contributed by atoms with Crippen LogP contribution in [-0.4, -0.2) is 22.7 Å². The molecule has 0 amide bonds. The minimum Gasteiger partial charge on any atom is -0.312 e. The summed E-state index contributed by atoms with van der Waals surface area (Å²) in [7, 11) is 0. The van der Waals surface area contributed by atoms with Crippen molar-refractivity contribution in [1.29, 1.82) is 0 Å². The van der Waals surface area contributed by atoms with Crippen LogP contribution in [0.2, 0.25) is 0 Å². The van der Waals surface area contributed by atoms with E-state index in [1.54, 1.807) is 6.07 Å². The van der Waals surface area contributed by atoms with E-state index >= 15 is 0 Å². The Morgan fingerprint density at radius 3 is 2.62 bits per heavy atom. The van der Waals surface area contributed by atoms with Gasteiger partial charge in [-0.05, 0) is 32.9 Å². The number of aryl methyl sites for hydroxylation is 1. The summed E-state index contributed by atoms with van der Waals surface area (Å²) in [6.07, 6.45) is 0. The van der Waals surface area contributed by atoms with Crippen LogP contribution in [0.3, 0.4) is 0 Å². The molecule has 0 aliphatic heterocycles. The summed E-state index contributed by atoms with van der Waals surface area (Å²) in [5.74, 6) is 0.565. The van der Waals surface area contributed by atoms with Crippen LogP contribution in [0, 0.1) is 12.7 Å². The van der Waals surface area contributed by atoms with Crippen LogP contribution in [0.25, 0.3) is 11.0 Å². The van der Waals surface area contributed by atoms with E-state index in [9.17, 15) is 4.39 Å². The minimum atomic E-state index is -0.258. The predicted molar refractivity (Wildman–Crippen MR) is 63.7 cm³/mol. The molecule has 1 aromatic carbocycles. The number of halogens is 1. The zero-order chi connectivity index (χ0) is 11.7. The first-order valence-electron chi connectivity index (χ1n) is 5.57. The Labute approximate surface area is 94.5 Å². The number of fused-ring (bicyclic) bond motifs is 1. The number of hydrogen-bond donors (Lipinski definition) is 0. The fourth-order valence-electron chi connectivity index (χ4n) is 2.03. The molecule has 0 saturated carbocycles. The lowest BCUT2D eigenvalue weighted by Crippen LogP contribution is -2.34. The standard InChI is InChI=1S/C12H16FN3/c1-4-15(5-2)16-9(3)14-12-10(13)7-6-8-11(12)16/h6-8H,4-5H2,1-3H3. The van der Waals surface area contributed by atoms with Crippen molar-refractivity contribution >= 4 is 11.0 Å². The largest absolute Gasteiger partial charge is 0.312 e. The van der Waals surface area contributed by atoms with Crippen LogP contribution in [0.1, 0.15) is 19.7 Å². The first-order valence-corrected chi connectivity index (χ1v) is 5.57. The molecule has 0 aliphatic carbocycles. The fourth-order valence-corrected chi connectivity index (χ4v) is 2.03. The van der Waals surface area contributed by atoms with Gasteiger partial charge < -0.3 is 5.01 Å². The molecule has 0 radical (unpaired) electrons. The highest BCUT2D eigenvalue weighted by atomic mass is 19.1. The molecule has 2 rings (SSSR count). The van der Waals surface area contributed by atoms with Gasteiger partial charge in [0.2, 0.25) is 0 Å². The molecule has 0 aliphatic rings. The van der Waals surface area contributed by atoms with Crippen molar-refractivity contribution in [2.45, 2.75) is 20.8 Å². The molecule has 0 unspecified atom stereocenters. The highest BCUT2D eigenvalue weighted by Crippen LogP contribution is 2.18. The van der Waals surface area contributed by atoms with E-state index in [1.807, 2.05) is 17.7 Å². The van der Waals surface area contributed by atoms with E-state index in [2.05, 4.69) is 23.8 Å². The molecule has 2 aromatic rings. The van der Waals surface area contributed by atoms with Crippen molar-refractivity contribution in [3.63, 3.8) is 0 Å². The molecule has 0 bridgehead atoms. The summed E-state index contributed by atoms with van der Waals surface area (Å²) in [6, 6.07) is 5.07. The Hall–Kier alpha value is -1.58. The lowest BCUT2D eigenvalue weighted by molar-refractivity contribution is 0.618. The van der Waals surface area contributed by atoms with E-state index in [1.165, 1.54) is 6.07 Å². The van der Waals surface area contributed by atoms with Gasteiger partial charge in [0.15, 0.2) is 5.82 Å². The molecule has 1 heterocycles. The molecule has 0 fully saturated rings. The lowest BCUT2D eigenvalue weighted by Gasteiger charge is -2.24. The molecule has 1 aromatic heterocycles. The van der Waals surface area contributed by atoms with E-state index in [-0.39, 0.29) is 5.82 Å². The first-order chi connectivity index (χ1) is 7.69. The van der Waals surface area contributed by atoms with Crippen molar-refractivity contribution in [3.05, 3.63) is 29.8 Å². The predicted octanol–water partition coefficient (Wildman–Crippen LogP) is 2.46. The van der Waals surface area contributed by atoms with Crippen LogP contribution >= 0.6 is 0 Å². The lowest BCUT2D eigenvalue weighted by atomic mass is 10.3. The quantitative estimate of drug-likeness (QED) is 0.793. The van der Waals surface area contributed by atoms with Gasteiger partial charge in [0.05, 0.1) is 5.52 Å². The second kappa shape index (κ2) is 4.12. The molecule has 16 heavy (non-hydrogen) atoms. The van der Waals surface area contributed by atoms with Gasteiger partial charge in [0.1, 0.15) is 11.3 Å². The molecule has 0 saturated heterocycles. The molecular formula is C12H16FN3. The fraction of sp³-hybridized carbons (Fsp3) is 0.417. The highest BCUT2D eigenvalue weighted by molar-refractivity contribution is 5.77. The molecule has 0 atom stereocenters. The Kier molecular flexibility index (Phi) is 2.81. The van der Waals surface area contributed by atoms with Crippen LogP contribution in [-0.2, 0) is 0 Å². The van der Waals surface area contributed by atoms with Crippen molar-refractivity contribution < 1.29 is 4.39 Å². The average molecular weight is 221 g/mol. The third-order valence-corrected chi connectivity index (χ3v) is 2.79. The summed E-state index contributed by atoms with van der Waals surface area (Å²) in [5, 5.41) is 2.13. The van der Waals surface area contributed by atoms with Crippen LogP contribution in [0.15, 0.2) is 18.2 Å². The highest BCUT2D eigenvalue weighted by Gasteiger charge is 2.13. The Bertz CT molecular complexity index is 500. The van der Waals surface area contributed by atoms with Gasteiger partial charge in [-0.2, -0.15) is 0 Å². The molecule has 0 N–H and O–H groups in total. The van der Waals surface area contributed by atoms with Crippen molar-refractivity contribution in [2.24, 2.45) is 0 Å². The average Bonchev–Trinajstić information content (AvgIpc) is 2.60. The summed E-state index contributed by atoms with van der Waals surface area (Å²) in [6.45, 7) is 7.80. The number of nitrogens with zero attached hydrogens (tertiary/aromatic N) is 3. The smallest absolute Gasteiger partial charge is 0.151 e. The SMILES string of the molecule is CCN(CC)n1c(C)nc2c(F)cccc21. The normalized spacial score (nSPS) is 11.0. The third-order valence-electron chi connectivity index (χ3n) is 2.79. The number of imidazole rings is 1. The molecule has 4 heteroatoms. The molecule has 86 valence electrons. The minimum absolute atomic E-state index is 0.258. The summed E-state index contributed by atoms with van der Waals surface area (Å²) in [4.78, 5) is 4.28. The van der Waals surface area contributed by atoms with E-state index in [4.69, 9.17) is 0 Å². The first kappa shape index (κ1) is 10.9. The maximum Gasteiger partial charge on any atom is 0.151 e. The second-order valence-corrected chi connectivity index (χ2v) is 3.72. The third kappa shape index (κ3) is 1.54. The zero-order valence-electron chi connectivity index (χ0n) is 9.87. The molecule has 0 spiro atoms. The van der Waals surface area contributed by atoms with Crippen molar-refractivity contribution in [2.75, 3.05) is 18.1 Å². The van der Waals surface area contributed by atoms with Gasteiger partial charge in [-0.15, -0.1) is 0 Å². The van der Waals surface area contributed by atoms with Gasteiger partial charge in [0.25, 0.3) is 0 Å². The number of para-hydroxylation sites is 1. The topological polar surface area (TPSA) is 21.1 Å². The van der Waals surface area contributed by atoms with Crippen molar-refractivity contribution in [1.82, 2.24) is 9.66 Å². The maximum atomic E-state index is 13.6. The molecular weight excluding hydrogens is 205 g/mol. The van der Waals surface area contributed by atoms with E-state index in [0.717, 1.165) is 24.4 Å². The number of rotatable bonds is 3. The van der Waals surface area contributed by atoms with E-state index < -0.39 is 0 Å². The van der Waals surface area contributed by atoms with E-state index in [0.29, 0.717) is 5.52 Å². The molecule has 3 nitrogen and oxygen atoms in total. The maximum absolute atomic E-state index is 13.6. The number of benzene rings is 1. The van der Waals surface area contributed by atoms with Gasteiger partial charge >= 0.3 is 0 Å². The summed E-state index contributed by atoms with van der Waals surface area (Å²) in [5.41, 5.74) is 1.29. The number of hydrogen-bond acceptors (Lipinski definition) is 2. The van der Waals surface area contributed by atoms with Crippen LogP contribution in [0.5, 0.6) is 0 Å². The Morgan fingerprint density at radius 1 is 1.31 bits per heavy atom. The van der Waals surface area contributed by atoms with Crippen LogP contribution < -0.4 is 5.01 Å². The van der Waals surface area contributed by atoms with Gasteiger partial charge in [0, 0.05) is 13.1 Å². The zero-order valence-corrected chi connectivity index (χ0v) is 9.87. The van der Waals surface area contributed by atoms with Gasteiger partial charge in [-0.1, -0.05) is 6.07 Å². The number of aromatic nitrogens is 2. The summed E-state index contributed by atoms with van der Waals surface area (Å²) >= 11 is 0. The van der Waals surface area contributed by atoms with Gasteiger partial charge in [-0.3, -0.25) is 0 Å². The second-order valence-electron chi connectivity index (χ2n) is 3.72. The Balaban J connectivity index is 2.69. The van der Waals surface area contributed by atoms with Crippen LogP contribution in [0.4, 0.5) is 4.39 Å². The van der Waals surface area contributed by atoms with Crippen molar-refractivity contribution in [3.8, 4) is 0 Å².